The van der Waals surface area contributed by atoms with E-state index in [2.05, 4.69) is 4.98 Å². The first kappa shape index (κ1) is 18.0. The van der Waals surface area contributed by atoms with Gasteiger partial charge in [0, 0.05) is 24.4 Å². The first-order valence-electron chi connectivity index (χ1n) is 8.04. The third-order valence-corrected chi connectivity index (χ3v) is 6.04. The molecule has 2 aromatic rings. The zero-order valence-electron chi connectivity index (χ0n) is 14.1. The van der Waals surface area contributed by atoms with Crippen LogP contribution >= 0.6 is 0 Å². The molecule has 1 aliphatic heterocycles. The van der Waals surface area contributed by atoms with Crippen LogP contribution < -0.4 is 4.74 Å². The van der Waals surface area contributed by atoms with Gasteiger partial charge in [0.1, 0.15) is 6.10 Å². The largest absolute Gasteiger partial charge is 0.473 e. The number of hydrogen-bond acceptors (Lipinski definition) is 6. The summed E-state index contributed by atoms with van der Waals surface area (Å²) in [5.41, 5.74) is 0.901. The summed E-state index contributed by atoms with van der Waals surface area (Å²) in [5, 5.41) is 8.91. The Morgan fingerprint density at radius 3 is 2.69 bits per heavy atom. The number of aromatic nitrogens is 1. The highest BCUT2D eigenvalue weighted by atomic mass is 32.2. The predicted molar refractivity (Wildman–Crippen MR) is 93.2 cm³/mol. The van der Waals surface area contributed by atoms with E-state index in [0.29, 0.717) is 30.0 Å². The summed E-state index contributed by atoms with van der Waals surface area (Å²) in [6, 6.07) is 11.0. The first-order chi connectivity index (χ1) is 12.4. The minimum atomic E-state index is -3.65. The fourth-order valence-corrected chi connectivity index (χ4v) is 4.22. The van der Waals surface area contributed by atoms with Crippen molar-refractivity contribution in [2.24, 2.45) is 0 Å². The second kappa shape index (κ2) is 7.23. The quantitative estimate of drug-likeness (QED) is 0.745. The molecule has 1 aromatic carbocycles. The van der Waals surface area contributed by atoms with Crippen LogP contribution in [0.25, 0.3) is 0 Å². The highest BCUT2D eigenvalue weighted by Crippen LogP contribution is 2.24. The molecular formula is C18H17N3O4S. The van der Waals surface area contributed by atoms with Crippen molar-refractivity contribution in [3.8, 4) is 11.9 Å². The van der Waals surface area contributed by atoms with Gasteiger partial charge in [0.2, 0.25) is 15.9 Å². The summed E-state index contributed by atoms with van der Waals surface area (Å²) in [4.78, 5) is 15.5. The van der Waals surface area contributed by atoms with Gasteiger partial charge in [-0.3, -0.25) is 4.79 Å². The van der Waals surface area contributed by atoms with Crippen LogP contribution in [0.15, 0.2) is 47.5 Å². The molecule has 8 heteroatoms. The molecule has 0 aliphatic carbocycles. The fraction of sp³-hybridized carbons (Fsp3) is 0.278. The van der Waals surface area contributed by atoms with Crippen LogP contribution in [0.1, 0.15) is 29.3 Å². The van der Waals surface area contributed by atoms with Crippen LogP contribution in [-0.4, -0.2) is 42.7 Å². The summed E-state index contributed by atoms with van der Waals surface area (Å²) in [7, 11) is -3.65. The van der Waals surface area contributed by atoms with E-state index in [1.807, 2.05) is 6.07 Å². The molecule has 1 saturated heterocycles. The number of pyridine rings is 1. The Hall–Kier alpha value is -2.76. The second-order valence-electron chi connectivity index (χ2n) is 5.97. The Bertz CT molecular complexity index is 965. The predicted octanol–water partition coefficient (Wildman–Crippen LogP) is 2.00. The highest BCUT2D eigenvalue weighted by Gasteiger charge is 2.33. The molecular weight excluding hydrogens is 354 g/mol. The van der Waals surface area contributed by atoms with Crippen molar-refractivity contribution in [2.75, 3.05) is 13.1 Å². The maximum atomic E-state index is 12.7. The van der Waals surface area contributed by atoms with Crippen LogP contribution in [-0.2, 0) is 10.0 Å². The molecule has 1 atom stereocenters. The molecule has 0 N–H and O–H groups in total. The molecule has 1 unspecified atom stereocenters. The Kier molecular flexibility index (Phi) is 5.02. The topological polar surface area (TPSA) is 100 Å². The Morgan fingerprint density at radius 2 is 2.04 bits per heavy atom. The number of nitrogens with zero attached hydrogens (tertiary/aromatic N) is 3. The summed E-state index contributed by atoms with van der Waals surface area (Å²) >= 11 is 0. The van der Waals surface area contributed by atoms with Crippen molar-refractivity contribution in [3.05, 3.63) is 53.7 Å². The van der Waals surface area contributed by atoms with Crippen molar-refractivity contribution >= 4 is 15.8 Å². The van der Waals surface area contributed by atoms with Gasteiger partial charge in [-0.15, -0.1) is 0 Å². The van der Waals surface area contributed by atoms with Crippen molar-refractivity contribution < 1.29 is 17.9 Å². The normalized spacial score (nSPS) is 17.6. The minimum Gasteiger partial charge on any atom is -0.473 e. The van der Waals surface area contributed by atoms with Crippen molar-refractivity contribution in [3.63, 3.8) is 0 Å². The van der Waals surface area contributed by atoms with Crippen LogP contribution in [0.2, 0.25) is 0 Å². The Balaban J connectivity index is 1.70. The van der Waals surface area contributed by atoms with Gasteiger partial charge < -0.3 is 4.74 Å². The fourth-order valence-electron chi connectivity index (χ4n) is 2.74. The van der Waals surface area contributed by atoms with Gasteiger partial charge in [-0.05, 0) is 31.5 Å². The van der Waals surface area contributed by atoms with Gasteiger partial charge in [-0.25, -0.2) is 13.4 Å². The van der Waals surface area contributed by atoms with Crippen LogP contribution in [0.3, 0.4) is 0 Å². The standard InChI is InChI=1S/C18H17N3O4S/c1-13(22)15-2-4-17(5-3-15)26(23,24)21-9-7-16(12-21)25-18-10-14(11-19)6-8-20-18/h2-6,8,10,16H,7,9,12H2,1H3. The van der Waals surface area contributed by atoms with E-state index < -0.39 is 10.0 Å². The molecule has 3 rings (SSSR count). The van der Waals surface area contributed by atoms with E-state index in [9.17, 15) is 13.2 Å². The number of ether oxygens (including phenoxy) is 1. The zero-order valence-corrected chi connectivity index (χ0v) is 14.9. The first-order valence-corrected chi connectivity index (χ1v) is 9.48. The van der Waals surface area contributed by atoms with E-state index in [4.69, 9.17) is 10.00 Å². The molecule has 1 aliphatic rings. The SMILES string of the molecule is CC(=O)c1ccc(S(=O)(=O)N2CCC(Oc3cc(C#N)ccn3)C2)cc1. The van der Waals surface area contributed by atoms with Gasteiger partial charge in [0.05, 0.1) is 23.1 Å². The number of Topliss-reactive ketones (excluding diaryl/α,β-unsaturated/α-hetero) is 1. The summed E-state index contributed by atoms with van der Waals surface area (Å²) in [5.74, 6) is 0.190. The van der Waals surface area contributed by atoms with Gasteiger partial charge >= 0.3 is 0 Å². The van der Waals surface area contributed by atoms with Crippen LogP contribution in [0, 0.1) is 11.3 Å². The van der Waals surface area contributed by atoms with E-state index in [1.165, 1.54) is 47.8 Å². The number of benzene rings is 1. The Labute approximate surface area is 151 Å². The third-order valence-electron chi connectivity index (χ3n) is 4.16. The van der Waals surface area contributed by atoms with Crippen molar-refractivity contribution in [2.45, 2.75) is 24.3 Å². The van der Waals surface area contributed by atoms with Crippen LogP contribution in [0.5, 0.6) is 5.88 Å². The number of hydrogen-bond donors (Lipinski definition) is 0. The monoisotopic (exact) mass is 371 g/mol. The maximum absolute atomic E-state index is 12.7. The van der Waals surface area contributed by atoms with Gasteiger partial charge in [0.25, 0.3) is 0 Å². The summed E-state index contributed by atoms with van der Waals surface area (Å²) in [6.07, 6.45) is 1.68. The maximum Gasteiger partial charge on any atom is 0.243 e. The van der Waals surface area contributed by atoms with E-state index in [1.54, 1.807) is 6.07 Å². The molecule has 0 spiro atoms. The lowest BCUT2D eigenvalue weighted by atomic mass is 10.2. The molecule has 0 amide bonds. The van der Waals surface area contributed by atoms with Gasteiger partial charge in [-0.2, -0.15) is 9.57 Å². The molecule has 0 saturated carbocycles. The minimum absolute atomic E-state index is 0.115. The molecule has 26 heavy (non-hydrogen) atoms. The van der Waals surface area contributed by atoms with Gasteiger partial charge in [-0.1, -0.05) is 12.1 Å². The van der Waals surface area contributed by atoms with Crippen molar-refractivity contribution in [1.29, 1.82) is 5.26 Å². The molecule has 2 heterocycles. The number of nitriles is 1. The average Bonchev–Trinajstić information content (AvgIpc) is 3.11. The Morgan fingerprint density at radius 1 is 1.31 bits per heavy atom. The van der Waals surface area contributed by atoms with E-state index >= 15 is 0 Å². The molecule has 0 radical (unpaired) electrons. The second-order valence-corrected chi connectivity index (χ2v) is 7.90. The van der Waals surface area contributed by atoms with Crippen molar-refractivity contribution in [1.82, 2.24) is 9.29 Å². The number of rotatable bonds is 5. The number of sulfonamides is 1. The number of carbonyl (C=O) groups excluding carboxylic acids is 1. The lowest BCUT2D eigenvalue weighted by Crippen LogP contribution is -2.31. The number of ketones is 1. The van der Waals surface area contributed by atoms with E-state index in [0.717, 1.165) is 0 Å². The van der Waals surface area contributed by atoms with E-state index in [-0.39, 0.29) is 23.3 Å². The molecule has 1 aromatic heterocycles. The average molecular weight is 371 g/mol. The molecule has 0 bridgehead atoms. The number of carbonyl (C=O) groups is 1. The highest BCUT2D eigenvalue weighted by molar-refractivity contribution is 7.89. The molecule has 7 nitrogen and oxygen atoms in total. The summed E-state index contributed by atoms with van der Waals surface area (Å²) in [6.45, 7) is 1.97. The lowest BCUT2D eigenvalue weighted by Gasteiger charge is -2.17. The zero-order chi connectivity index (χ0) is 18.7. The third kappa shape index (κ3) is 3.74. The lowest BCUT2D eigenvalue weighted by molar-refractivity contribution is 0.101. The van der Waals surface area contributed by atoms with Crippen LogP contribution in [0.4, 0.5) is 0 Å². The molecule has 1 fully saturated rings. The van der Waals surface area contributed by atoms with Gasteiger partial charge in [0.15, 0.2) is 5.78 Å². The molecule has 134 valence electrons. The summed E-state index contributed by atoms with van der Waals surface area (Å²) < 4.78 is 32.6. The smallest absolute Gasteiger partial charge is 0.243 e.